The number of anilines is 1. The Kier molecular flexibility index (Phi) is 4.15. The molecule has 0 spiro atoms. The van der Waals surface area contributed by atoms with E-state index in [9.17, 15) is 0 Å². The van der Waals surface area contributed by atoms with Crippen LogP contribution >= 0.6 is 15.9 Å². The molecule has 0 saturated heterocycles. The van der Waals surface area contributed by atoms with Gasteiger partial charge in [0.2, 0.25) is 0 Å². The van der Waals surface area contributed by atoms with Gasteiger partial charge in [-0.1, -0.05) is 28.1 Å². The number of nitrogen functional groups attached to an aromatic ring is 1. The monoisotopic (exact) mass is 344 g/mol. The van der Waals surface area contributed by atoms with Crippen LogP contribution in [0.4, 0.5) is 5.69 Å². The van der Waals surface area contributed by atoms with E-state index in [0.29, 0.717) is 6.61 Å². The van der Waals surface area contributed by atoms with Gasteiger partial charge < -0.3 is 15.0 Å². The first kappa shape index (κ1) is 14.0. The Morgan fingerprint density at radius 2 is 1.95 bits per heavy atom. The zero-order valence-electron chi connectivity index (χ0n) is 11.6. The summed E-state index contributed by atoms with van der Waals surface area (Å²) < 4.78 is 9.11. The minimum atomic E-state index is 0.678. The van der Waals surface area contributed by atoms with Gasteiger partial charge in [0, 0.05) is 39.9 Å². The summed E-state index contributed by atoms with van der Waals surface area (Å²) in [5.74, 6) is 0.829. The molecule has 0 unspecified atom stereocenters. The summed E-state index contributed by atoms with van der Waals surface area (Å²) in [7, 11) is 0. The summed E-state index contributed by atoms with van der Waals surface area (Å²) in [6.07, 6.45) is 3.07. The van der Waals surface area contributed by atoms with E-state index in [0.717, 1.165) is 28.9 Å². The van der Waals surface area contributed by atoms with Crippen molar-refractivity contribution in [2.24, 2.45) is 0 Å². The Bertz CT molecular complexity index is 751. The van der Waals surface area contributed by atoms with Crippen LogP contribution in [0.2, 0.25) is 0 Å². The number of ether oxygens (including phenoxy) is 1. The van der Waals surface area contributed by atoms with Gasteiger partial charge in [-0.05, 0) is 36.8 Å². The van der Waals surface area contributed by atoms with Crippen LogP contribution in [0.5, 0.6) is 5.75 Å². The molecule has 0 saturated carbocycles. The second kappa shape index (κ2) is 6.22. The summed E-state index contributed by atoms with van der Waals surface area (Å²) in [6.45, 7) is 1.61. The molecule has 0 aliphatic carbocycles. The Balaban J connectivity index is 1.59. The maximum Gasteiger partial charge on any atom is 0.121 e. The number of halogens is 1. The van der Waals surface area contributed by atoms with Gasteiger partial charge in [0.05, 0.1) is 6.61 Å². The van der Waals surface area contributed by atoms with Crippen molar-refractivity contribution in [3.05, 3.63) is 59.2 Å². The maximum atomic E-state index is 5.73. The average Bonchev–Trinajstić information content (AvgIpc) is 2.88. The highest BCUT2D eigenvalue weighted by Gasteiger charge is 2.03. The molecular weight excluding hydrogens is 328 g/mol. The van der Waals surface area contributed by atoms with E-state index in [2.05, 4.69) is 51.0 Å². The fourth-order valence-electron chi connectivity index (χ4n) is 2.41. The summed E-state index contributed by atoms with van der Waals surface area (Å²) in [6, 6.07) is 15.9. The quantitative estimate of drug-likeness (QED) is 0.548. The van der Waals surface area contributed by atoms with Crippen LogP contribution in [0.1, 0.15) is 6.42 Å². The average molecular weight is 345 g/mol. The molecule has 3 nitrogen and oxygen atoms in total. The van der Waals surface area contributed by atoms with Crippen molar-refractivity contribution in [2.45, 2.75) is 13.0 Å². The molecule has 3 aromatic rings. The fourth-order valence-corrected chi connectivity index (χ4v) is 2.90. The molecule has 0 atom stereocenters. The lowest BCUT2D eigenvalue weighted by Gasteiger charge is -2.08. The summed E-state index contributed by atoms with van der Waals surface area (Å²) >= 11 is 3.58. The molecule has 1 heterocycles. The van der Waals surface area contributed by atoms with Crippen molar-refractivity contribution < 1.29 is 4.74 Å². The number of nitrogens with two attached hydrogens (primary N) is 1. The number of hydrogen-bond acceptors (Lipinski definition) is 2. The first-order valence-corrected chi connectivity index (χ1v) is 7.75. The van der Waals surface area contributed by atoms with E-state index in [1.807, 2.05) is 24.3 Å². The second-order valence-electron chi connectivity index (χ2n) is 4.96. The number of rotatable bonds is 5. The van der Waals surface area contributed by atoms with Crippen LogP contribution in [0.3, 0.4) is 0 Å². The van der Waals surface area contributed by atoms with E-state index < -0.39 is 0 Å². The summed E-state index contributed by atoms with van der Waals surface area (Å²) in [4.78, 5) is 0. The molecule has 0 aliphatic heterocycles. The van der Waals surface area contributed by atoms with E-state index in [1.54, 1.807) is 0 Å². The topological polar surface area (TPSA) is 40.2 Å². The zero-order chi connectivity index (χ0) is 14.7. The third kappa shape index (κ3) is 3.22. The molecular formula is C17H17BrN2O. The Hall–Kier alpha value is -1.94. The third-order valence-corrected chi connectivity index (χ3v) is 4.12. The van der Waals surface area contributed by atoms with E-state index in [1.165, 1.54) is 10.9 Å². The highest BCUT2D eigenvalue weighted by Crippen LogP contribution is 2.24. The van der Waals surface area contributed by atoms with Crippen molar-refractivity contribution in [3.8, 4) is 5.75 Å². The van der Waals surface area contributed by atoms with Crippen LogP contribution in [-0.2, 0) is 6.54 Å². The number of fused-ring (bicyclic) bond motifs is 1. The number of nitrogens with zero attached hydrogens (tertiary/aromatic N) is 1. The van der Waals surface area contributed by atoms with E-state index >= 15 is 0 Å². The molecule has 21 heavy (non-hydrogen) atoms. The molecule has 0 aliphatic rings. The standard InChI is InChI=1S/C17H17BrN2O/c18-16-6-2-7-17-15(16)8-10-20(17)9-3-11-21-14-5-1-4-13(19)12-14/h1-2,4-8,10,12H,3,9,11,19H2. The Morgan fingerprint density at radius 1 is 1.10 bits per heavy atom. The van der Waals surface area contributed by atoms with Gasteiger partial charge in [-0.25, -0.2) is 0 Å². The van der Waals surface area contributed by atoms with E-state index in [4.69, 9.17) is 10.5 Å². The molecule has 2 N–H and O–H groups in total. The first-order chi connectivity index (χ1) is 10.2. The highest BCUT2D eigenvalue weighted by molar-refractivity contribution is 9.10. The third-order valence-electron chi connectivity index (χ3n) is 3.43. The number of hydrogen-bond donors (Lipinski definition) is 1. The first-order valence-electron chi connectivity index (χ1n) is 6.96. The molecule has 108 valence electrons. The van der Waals surface area contributed by atoms with Crippen molar-refractivity contribution in [1.29, 1.82) is 0 Å². The van der Waals surface area contributed by atoms with Crippen LogP contribution in [-0.4, -0.2) is 11.2 Å². The molecule has 2 aromatic carbocycles. The van der Waals surface area contributed by atoms with Gasteiger partial charge in [-0.3, -0.25) is 0 Å². The number of aromatic nitrogens is 1. The number of aryl methyl sites for hydroxylation is 1. The predicted octanol–water partition coefficient (Wildman–Crippen LogP) is 4.46. The van der Waals surface area contributed by atoms with Gasteiger partial charge in [0.15, 0.2) is 0 Å². The lowest BCUT2D eigenvalue weighted by molar-refractivity contribution is 0.303. The normalized spacial score (nSPS) is 10.9. The molecule has 0 bridgehead atoms. The van der Waals surface area contributed by atoms with Gasteiger partial charge in [-0.2, -0.15) is 0 Å². The van der Waals surface area contributed by atoms with Gasteiger partial charge >= 0.3 is 0 Å². The van der Waals surface area contributed by atoms with Gasteiger partial charge in [-0.15, -0.1) is 0 Å². The highest BCUT2D eigenvalue weighted by atomic mass is 79.9. The second-order valence-corrected chi connectivity index (χ2v) is 5.81. The molecule has 4 heteroatoms. The minimum Gasteiger partial charge on any atom is -0.493 e. The largest absolute Gasteiger partial charge is 0.493 e. The summed E-state index contributed by atoms with van der Waals surface area (Å²) in [5.41, 5.74) is 7.70. The lowest BCUT2D eigenvalue weighted by Crippen LogP contribution is -2.03. The molecule has 0 fully saturated rings. The zero-order valence-corrected chi connectivity index (χ0v) is 13.2. The maximum absolute atomic E-state index is 5.73. The van der Waals surface area contributed by atoms with Crippen molar-refractivity contribution in [2.75, 3.05) is 12.3 Å². The van der Waals surface area contributed by atoms with Crippen molar-refractivity contribution in [1.82, 2.24) is 4.57 Å². The molecule has 0 amide bonds. The fraction of sp³-hybridized carbons (Fsp3) is 0.176. The van der Waals surface area contributed by atoms with Crippen LogP contribution < -0.4 is 10.5 Å². The lowest BCUT2D eigenvalue weighted by atomic mass is 10.2. The SMILES string of the molecule is Nc1cccc(OCCCn2ccc3c(Br)cccc32)c1. The van der Waals surface area contributed by atoms with Crippen molar-refractivity contribution in [3.63, 3.8) is 0 Å². The smallest absolute Gasteiger partial charge is 0.121 e. The summed E-state index contributed by atoms with van der Waals surface area (Å²) in [5, 5.41) is 1.24. The minimum absolute atomic E-state index is 0.678. The predicted molar refractivity (Wildman–Crippen MR) is 90.6 cm³/mol. The van der Waals surface area contributed by atoms with E-state index in [-0.39, 0.29) is 0 Å². The number of benzene rings is 2. The van der Waals surface area contributed by atoms with Crippen LogP contribution in [0.25, 0.3) is 10.9 Å². The van der Waals surface area contributed by atoms with Gasteiger partial charge in [0.1, 0.15) is 5.75 Å². The molecule has 1 aromatic heterocycles. The van der Waals surface area contributed by atoms with Crippen LogP contribution in [0.15, 0.2) is 59.2 Å². The molecule has 3 rings (SSSR count). The Labute approximate surface area is 132 Å². The van der Waals surface area contributed by atoms with Crippen LogP contribution in [0, 0.1) is 0 Å². The van der Waals surface area contributed by atoms with Crippen molar-refractivity contribution >= 4 is 32.5 Å². The molecule has 0 radical (unpaired) electrons. The Morgan fingerprint density at radius 3 is 2.81 bits per heavy atom. The van der Waals surface area contributed by atoms with Gasteiger partial charge in [0.25, 0.3) is 0 Å².